The van der Waals surface area contributed by atoms with Crippen molar-refractivity contribution in [2.75, 3.05) is 0 Å². The van der Waals surface area contributed by atoms with Gasteiger partial charge >= 0.3 is 0 Å². The summed E-state index contributed by atoms with van der Waals surface area (Å²) in [4.78, 5) is 0. The van der Waals surface area contributed by atoms with Crippen LogP contribution in [0.25, 0.3) is 0 Å². The van der Waals surface area contributed by atoms with Crippen molar-refractivity contribution in [1.82, 2.24) is 0 Å². The molecule has 0 radical (unpaired) electrons. The molecule has 0 bridgehead atoms. The summed E-state index contributed by atoms with van der Waals surface area (Å²) in [6.45, 7) is 2.14. The Kier molecular flexibility index (Phi) is 3.65. The Hall–Kier alpha value is -0.410. The number of hydrogen-bond donors (Lipinski definition) is 1. The van der Waals surface area contributed by atoms with E-state index in [1.165, 1.54) is 6.07 Å². The summed E-state index contributed by atoms with van der Waals surface area (Å²) in [5.41, 5.74) is 0.424. The molecule has 1 saturated carbocycles. The SMILES string of the molecule is CC1CCCC1C(O)c1cc(Br)ccc1F. The van der Waals surface area contributed by atoms with Gasteiger partial charge in [0.15, 0.2) is 0 Å². The second-order valence-corrected chi connectivity index (χ2v) is 5.60. The Labute approximate surface area is 104 Å². The van der Waals surface area contributed by atoms with Gasteiger partial charge in [0.25, 0.3) is 0 Å². The minimum Gasteiger partial charge on any atom is -0.388 e. The fraction of sp³-hybridized carbons (Fsp3) is 0.538. The third kappa shape index (κ3) is 2.30. The first-order valence-electron chi connectivity index (χ1n) is 5.72. The van der Waals surface area contributed by atoms with Crippen molar-refractivity contribution in [2.45, 2.75) is 32.3 Å². The minimum absolute atomic E-state index is 0.198. The van der Waals surface area contributed by atoms with Crippen molar-refractivity contribution >= 4 is 15.9 Å². The van der Waals surface area contributed by atoms with Gasteiger partial charge in [-0.2, -0.15) is 0 Å². The van der Waals surface area contributed by atoms with Gasteiger partial charge in [0.1, 0.15) is 5.82 Å². The highest BCUT2D eigenvalue weighted by molar-refractivity contribution is 9.10. The molecule has 1 aliphatic rings. The maximum absolute atomic E-state index is 13.6. The second-order valence-electron chi connectivity index (χ2n) is 4.68. The van der Waals surface area contributed by atoms with Crippen LogP contribution in [0.15, 0.2) is 22.7 Å². The molecule has 0 amide bonds. The Balaban J connectivity index is 2.25. The van der Waals surface area contributed by atoms with Gasteiger partial charge in [-0.25, -0.2) is 4.39 Å². The normalized spacial score (nSPS) is 27.0. The summed E-state index contributed by atoms with van der Waals surface area (Å²) in [5, 5.41) is 10.2. The average molecular weight is 287 g/mol. The van der Waals surface area contributed by atoms with E-state index < -0.39 is 6.10 Å². The van der Waals surface area contributed by atoms with Crippen LogP contribution in [0.4, 0.5) is 4.39 Å². The summed E-state index contributed by atoms with van der Waals surface area (Å²) in [7, 11) is 0. The van der Waals surface area contributed by atoms with Crippen LogP contribution in [0, 0.1) is 17.7 Å². The van der Waals surface area contributed by atoms with Crippen LogP contribution in [0.5, 0.6) is 0 Å². The number of halogens is 2. The largest absolute Gasteiger partial charge is 0.388 e. The van der Waals surface area contributed by atoms with E-state index in [9.17, 15) is 9.50 Å². The molecule has 2 rings (SSSR count). The van der Waals surface area contributed by atoms with Crippen LogP contribution in [0.1, 0.15) is 37.9 Å². The molecule has 0 spiro atoms. The highest BCUT2D eigenvalue weighted by Crippen LogP contribution is 2.40. The third-order valence-electron chi connectivity index (χ3n) is 3.61. The van der Waals surface area contributed by atoms with E-state index in [1.807, 2.05) is 0 Å². The maximum Gasteiger partial charge on any atom is 0.129 e. The molecule has 16 heavy (non-hydrogen) atoms. The number of rotatable bonds is 2. The van der Waals surface area contributed by atoms with Crippen molar-refractivity contribution < 1.29 is 9.50 Å². The Bertz CT molecular complexity index is 380. The minimum atomic E-state index is -0.671. The lowest BCUT2D eigenvalue weighted by Gasteiger charge is -2.23. The second kappa shape index (κ2) is 4.84. The highest BCUT2D eigenvalue weighted by atomic mass is 79.9. The first-order valence-corrected chi connectivity index (χ1v) is 6.52. The van der Waals surface area contributed by atoms with E-state index in [-0.39, 0.29) is 11.7 Å². The maximum atomic E-state index is 13.6. The average Bonchev–Trinajstić information content (AvgIpc) is 2.67. The molecule has 0 saturated heterocycles. The molecular weight excluding hydrogens is 271 g/mol. The monoisotopic (exact) mass is 286 g/mol. The summed E-state index contributed by atoms with van der Waals surface area (Å²) in [6.07, 6.45) is 2.60. The van der Waals surface area contributed by atoms with E-state index in [1.54, 1.807) is 12.1 Å². The molecule has 1 aromatic rings. The standard InChI is InChI=1S/C13H16BrFO/c1-8-3-2-4-10(8)13(16)11-7-9(14)5-6-12(11)15/h5-8,10,13,16H,2-4H2,1H3. The molecule has 0 heterocycles. The smallest absolute Gasteiger partial charge is 0.129 e. The van der Waals surface area contributed by atoms with Gasteiger partial charge < -0.3 is 5.11 Å². The lowest BCUT2D eigenvalue weighted by molar-refractivity contribution is 0.0866. The molecule has 1 aromatic carbocycles. The van der Waals surface area contributed by atoms with Crippen molar-refractivity contribution in [3.8, 4) is 0 Å². The number of benzene rings is 1. The van der Waals surface area contributed by atoms with Crippen LogP contribution in [-0.2, 0) is 0 Å². The molecule has 1 aliphatic carbocycles. The number of aliphatic hydroxyl groups is 1. The molecule has 3 atom stereocenters. The fourth-order valence-electron chi connectivity index (χ4n) is 2.62. The molecular formula is C13H16BrFO. The van der Waals surface area contributed by atoms with Crippen molar-refractivity contribution in [3.05, 3.63) is 34.1 Å². The van der Waals surface area contributed by atoms with Crippen molar-refractivity contribution in [3.63, 3.8) is 0 Å². The summed E-state index contributed by atoms with van der Waals surface area (Å²) >= 11 is 3.31. The van der Waals surface area contributed by atoms with Crippen LogP contribution in [0.3, 0.4) is 0 Å². The van der Waals surface area contributed by atoms with Crippen LogP contribution < -0.4 is 0 Å². The highest BCUT2D eigenvalue weighted by Gasteiger charge is 2.31. The molecule has 88 valence electrons. The van der Waals surface area contributed by atoms with Gasteiger partial charge in [0, 0.05) is 10.0 Å². The summed E-state index contributed by atoms with van der Waals surface area (Å²) in [6, 6.07) is 4.75. The van der Waals surface area contributed by atoms with E-state index in [0.29, 0.717) is 11.5 Å². The molecule has 0 aliphatic heterocycles. The Morgan fingerprint density at radius 3 is 2.81 bits per heavy atom. The predicted octanol–water partition coefficient (Wildman–Crippen LogP) is 4.06. The van der Waals surface area contributed by atoms with Gasteiger partial charge in [-0.3, -0.25) is 0 Å². The van der Waals surface area contributed by atoms with Crippen LogP contribution >= 0.6 is 15.9 Å². The Morgan fingerprint density at radius 2 is 2.19 bits per heavy atom. The summed E-state index contributed by atoms with van der Waals surface area (Å²) in [5.74, 6) is 0.368. The fourth-order valence-corrected chi connectivity index (χ4v) is 2.99. The zero-order chi connectivity index (χ0) is 11.7. The van der Waals surface area contributed by atoms with Gasteiger partial charge in [0.05, 0.1) is 6.10 Å². The molecule has 1 nitrogen and oxygen atoms in total. The van der Waals surface area contributed by atoms with Gasteiger partial charge in [-0.1, -0.05) is 35.7 Å². The number of aliphatic hydroxyl groups excluding tert-OH is 1. The van der Waals surface area contributed by atoms with Gasteiger partial charge in [-0.15, -0.1) is 0 Å². The Morgan fingerprint density at radius 1 is 1.44 bits per heavy atom. The molecule has 3 unspecified atom stereocenters. The lowest BCUT2D eigenvalue weighted by atomic mass is 9.88. The van der Waals surface area contributed by atoms with Crippen molar-refractivity contribution in [1.29, 1.82) is 0 Å². The molecule has 0 aromatic heterocycles. The van der Waals surface area contributed by atoms with Crippen molar-refractivity contribution in [2.24, 2.45) is 11.8 Å². The van der Waals surface area contributed by atoms with E-state index in [2.05, 4.69) is 22.9 Å². The van der Waals surface area contributed by atoms with E-state index >= 15 is 0 Å². The van der Waals surface area contributed by atoms with Gasteiger partial charge in [-0.05, 0) is 36.5 Å². The number of hydrogen-bond acceptors (Lipinski definition) is 1. The van der Waals surface area contributed by atoms with E-state index in [0.717, 1.165) is 23.7 Å². The molecule has 1 N–H and O–H groups in total. The van der Waals surface area contributed by atoms with Crippen LogP contribution in [-0.4, -0.2) is 5.11 Å². The predicted molar refractivity (Wildman–Crippen MR) is 65.6 cm³/mol. The topological polar surface area (TPSA) is 20.2 Å². The van der Waals surface area contributed by atoms with Crippen LogP contribution in [0.2, 0.25) is 0 Å². The molecule has 1 fully saturated rings. The zero-order valence-electron chi connectivity index (χ0n) is 9.29. The quantitative estimate of drug-likeness (QED) is 0.869. The third-order valence-corrected chi connectivity index (χ3v) is 4.10. The molecule has 3 heteroatoms. The summed E-state index contributed by atoms with van der Waals surface area (Å²) < 4.78 is 14.4. The first-order chi connectivity index (χ1) is 7.59. The van der Waals surface area contributed by atoms with Gasteiger partial charge in [0.2, 0.25) is 0 Å². The van der Waals surface area contributed by atoms with E-state index in [4.69, 9.17) is 0 Å². The zero-order valence-corrected chi connectivity index (χ0v) is 10.9. The lowest BCUT2D eigenvalue weighted by Crippen LogP contribution is -2.16. The first kappa shape index (κ1) is 12.1.